The van der Waals surface area contributed by atoms with Gasteiger partial charge in [-0.2, -0.15) is 0 Å². The lowest BCUT2D eigenvalue weighted by atomic mass is 10.1. The molecule has 2 rings (SSSR count). The van der Waals surface area contributed by atoms with Gasteiger partial charge in [0.15, 0.2) is 0 Å². The van der Waals surface area contributed by atoms with Crippen LogP contribution in [-0.2, 0) is 20.5 Å². The van der Waals surface area contributed by atoms with Crippen LogP contribution in [0.2, 0.25) is 0 Å². The molecule has 0 radical (unpaired) electrons. The summed E-state index contributed by atoms with van der Waals surface area (Å²) in [4.78, 5) is 21.6. The highest BCUT2D eigenvalue weighted by molar-refractivity contribution is 7.61. The van der Waals surface area contributed by atoms with E-state index in [1.807, 2.05) is 30.3 Å². The Kier molecular flexibility index (Phi) is 12.0. The average Bonchev–Trinajstić information content (AvgIpc) is 2.81. The minimum absolute atomic E-state index is 0.0325. The molecular weight excluding hydrogens is 439 g/mol. The van der Waals surface area contributed by atoms with Gasteiger partial charge in [-0.1, -0.05) is 88.3 Å². The molecule has 7 heteroatoms. The maximum atomic E-state index is 13.0. The van der Waals surface area contributed by atoms with E-state index in [0.717, 1.165) is 24.5 Å². The summed E-state index contributed by atoms with van der Waals surface area (Å²) in [6.07, 6.45) is 11.1. The first kappa shape index (κ1) is 26.8. The summed E-state index contributed by atoms with van der Waals surface area (Å²) in [7, 11) is -4.16. The van der Waals surface area contributed by atoms with Crippen molar-refractivity contribution in [2.24, 2.45) is 0 Å². The lowest BCUT2D eigenvalue weighted by Crippen LogP contribution is -2.13. The van der Waals surface area contributed by atoms with E-state index in [2.05, 4.69) is 6.92 Å². The number of unbranched alkanes of at least 4 members (excludes halogenated alkanes) is 7. The fourth-order valence-electron chi connectivity index (χ4n) is 3.39. The van der Waals surface area contributed by atoms with E-state index in [-0.39, 0.29) is 11.9 Å². The number of carbonyl (C=O) groups is 1. The van der Waals surface area contributed by atoms with E-state index in [4.69, 9.17) is 14.4 Å². The second-order valence-corrected chi connectivity index (χ2v) is 9.78. The molecule has 6 nitrogen and oxygen atoms in total. The number of ether oxygens (including phenoxy) is 1. The smallest absolute Gasteiger partial charge is 0.359 e. The monoisotopic (exact) mass is 474 g/mol. The van der Waals surface area contributed by atoms with E-state index in [0.29, 0.717) is 24.3 Å². The predicted octanol–water partition coefficient (Wildman–Crippen LogP) is 6.33. The Labute approximate surface area is 196 Å². The fraction of sp³-hybridized carbons (Fsp3) is 0.423. The molecule has 0 aliphatic heterocycles. The van der Waals surface area contributed by atoms with Gasteiger partial charge in [0, 0.05) is 6.08 Å². The first-order valence-electron chi connectivity index (χ1n) is 11.6. The van der Waals surface area contributed by atoms with Crippen LogP contribution in [0.3, 0.4) is 0 Å². The molecule has 2 aromatic carbocycles. The van der Waals surface area contributed by atoms with Gasteiger partial charge in [-0.15, -0.1) is 0 Å². The zero-order valence-corrected chi connectivity index (χ0v) is 20.2. The van der Waals surface area contributed by atoms with E-state index in [1.54, 1.807) is 12.1 Å². The maximum absolute atomic E-state index is 13.0. The van der Waals surface area contributed by atoms with Crippen LogP contribution in [0.5, 0.6) is 5.75 Å². The van der Waals surface area contributed by atoms with Crippen molar-refractivity contribution in [2.45, 2.75) is 64.9 Å². The van der Waals surface area contributed by atoms with Gasteiger partial charge < -0.3 is 19.3 Å². The fourth-order valence-corrected chi connectivity index (χ4v) is 4.68. The largest absolute Gasteiger partial charge is 0.489 e. The normalized spacial score (nSPS) is 13.2. The molecule has 1 atom stereocenters. The number of rotatable bonds is 16. The molecule has 0 bridgehead atoms. The molecule has 0 aliphatic rings. The topological polar surface area (TPSA) is 93.1 Å². The van der Waals surface area contributed by atoms with Crippen molar-refractivity contribution >= 4 is 24.9 Å². The van der Waals surface area contributed by atoms with Crippen molar-refractivity contribution in [3.63, 3.8) is 0 Å². The number of aliphatic carboxylic acids is 1. The van der Waals surface area contributed by atoms with Crippen molar-refractivity contribution in [2.75, 3.05) is 6.61 Å². The first-order valence-corrected chi connectivity index (χ1v) is 13.2. The maximum Gasteiger partial charge on any atom is 0.359 e. The Morgan fingerprint density at radius 1 is 0.970 bits per heavy atom. The molecule has 0 aliphatic carbocycles. The minimum atomic E-state index is -4.16. The van der Waals surface area contributed by atoms with Crippen LogP contribution in [0.1, 0.15) is 69.4 Å². The molecule has 180 valence electrons. The van der Waals surface area contributed by atoms with Gasteiger partial charge in [-0.05, 0) is 35.8 Å². The lowest BCUT2D eigenvalue weighted by Gasteiger charge is -2.16. The Hall–Kier alpha value is -2.40. The Morgan fingerprint density at radius 3 is 2.30 bits per heavy atom. The standard InChI is InChI=1S/C26H35O6P/c1-2-3-4-5-6-7-8-12-19-32-33(29,30)25-20-24(17-15-23(25)16-18-26(27)28)31-21-22-13-10-9-11-14-22/h9-11,13-18,20H,2-8,12,19,21H2,1H3,(H,27,28)(H,29,30)/b18-16+. The highest BCUT2D eigenvalue weighted by Gasteiger charge is 2.26. The van der Waals surface area contributed by atoms with Crippen LogP contribution >= 0.6 is 7.60 Å². The summed E-state index contributed by atoms with van der Waals surface area (Å²) in [6, 6.07) is 14.2. The predicted molar refractivity (Wildman–Crippen MR) is 132 cm³/mol. The quantitative estimate of drug-likeness (QED) is 0.168. The van der Waals surface area contributed by atoms with Gasteiger partial charge in [0.25, 0.3) is 0 Å². The van der Waals surface area contributed by atoms with Gasteiger partial charge in [0.05, 0.1) is 11.9 Å². The second-order valence-electron chi connectivity index (χ2n) is 7.99. The molecule has 0 heterocycles. The first-order chi connectivity index (χ1) is 15.9. The molecule has 33 heavy (non-hydrogen) atoms. The Morgan fingerprint density at radius 2 is 1.64 bits per heavy atom. The number of benzene rings is 2. The second kappa shape index (κ2) is 14.7. The van der Waals surface area contributed by atoms with Crippen LogP contribution in [0.4, 0.5) is 0 Å². The molecule has 0 spiro atoms. The molecule has 0 saturated heterocycles. The molecule has 0 amide bonds. The third kappa shape index (κ3) is 10.4. The number of carboxylic acids is 1. The third-order valence-corrected chi connectivity index (χ3v) is 6.75. The van der Waals surface area contributed by atoms with Crippen LogP contribution in [0.15, 0.2) is 54.6 Å². The third-order valence-electron chi connectivity index (χ3n) is 5.22. The number of hydrogen-bond acceptors (Lipinski definition) is 4. The zero-order valence-electron chi connectivity index (χ0n) is 19.3. The molecule has 0 aromatic heterocycles. The molecule has 2 aromatic rings. The SMILES string of the molecule is CCCCCCCCCCOP(=O)(O)c1cc(OCc2ccccc2)ccc1/C=C/C(=O)O. The van der Waals surface area contributed by atoms with E-state index >= 15 is 0 Å². The van der Waals surface area contributed by atoms with Crippen molar-refractivity contribution in [1.82, 2.24) is 0 Å². The number of carboxylic acid groups (broad SMARTS) is 1. The van der Waals surface area contributed by atoms with Crippen LogP contribution < -0.4 is 10.0 Å². The van der Waals surface area contributed by atoms with Crippen LogP contribution in [-0.4, -0.2) is 22.6 Å². The van der Waals surface area contributed by atoms with E-state index in [1.165, 1.54) is 44.2 Å². The van der Waals surface area contributed by atoms with Crippen molar-refractivity contribution in [3.05, 3.63) is 65.7 Å². The molecular formula is C26H35O6P. The highest BCUT2D eigenvalue weighted by atomic mass is 31.2. The van der Waals surface area contributed by atoms with Gasteiger partial charge in [0.2, 0.25) is 0 Å². The van der Waals surface area contributed by atoms with Gasteiger partial charge in [-0.25, -0.2) is 4.79 Å². The lowest BCUT2D eigenvalue weighted by molar-refractivity contribution is -0.131. The summed E-state index contributed by atoms with van der Waals surface area (Å²) < 4.78 is 24.2. The summed E-state index contributed by atoms with van der Waals surface area (Å²) in [5, 5.41) is 8.98. The highest BCUT2D eigenvalue weighted by Crippen LogP contribution is 2.43. The molecule has 0 saturated carbocycles. The van der Waals surface area contributed by atoms with Crippen LogP contribution in [0.25, 0.3) is 6.08 Å². The summed E-state index contributed by atoms with van der Waals surface area (Å²) in [5.41, 5.74) is 1.28. The van der Waals surface area contributed by atoms with Gasteiger partial charge >= 0.3 is 13.6 Å². The minimum Gasteiger partial charge on any atom is -0.489 e. The van der Waals surface area contributed by atoms with Crippen molar-refractivity contribution < 1.29 is 28.6 Å². The summed E-state index contributed by atoms with van der Waals surface area (Å²) in [5.74, 6) is -0.732. The van der Waals surface area contributed by atoms with E-state index in [9.17, 15) is 14.3 Å². The summed E-state index contributed by atoms with van der Waals surface area (Å²) >= 11 is 0. The van der Waals surface area contributed by atoms with Gasteiger partial charge in [0.1, 0.15) is 12.4 Å². The summed E-state index contributed by atoms with van der Waals surface area (Å²) in [6.45, 7) is 2.66. The number of hydrogen-bond donors (Lipinski definition) is 2. The van der Waals surface area contributed by atoms with Crippen LogP contribution in [0, 0.1) is 0 Å². The van der Waals surface area contributed by atoms with Crippen molar-refractivity contribution in [1.29, 1.82) is 0 Å². The van der Waals surface area contributed by atoms with Crippen molar-refractivity contribution in [3.8, 4) is 5.75 Å². The Balaban J connectivity index is 2.00. The molecule has 0 fully saturated rings. The Bertz CT molecular complexity index is 926. The average molecular weight is 475 g/mol. The van der Waals surface area contributed by atoms with Gasteiger partial charge in [-0.3, -0.25) is 4.57 Å². The molecule has 2 N–H and O–H groups in total. The van der Waals surface area contributed by atoms with E-state index < -0.39 is 13.6 Å². The molecule has 1 unspecified atom stereocenters. The zero-order chi connectivity index (χ0) is 23.9.